The van der Waals surface area contributed by atoms with Gasteiger partial charge in [0.25, 0.3) is 0 Å². The molecule has 9 heteroatoms. The number of thioether (sulfide) groups is 1. The van der Waals surface area contributed by atoms with E-state index in [9.17, 15) is 9.59 Å². The smallest absolute Gasteiger partial charge is 0.226 e. The number of carbonyl (C=O) groups excluding carboxylic acids is 2. The summed E-state index contributed by atoms with van der Waals surface area (Å²) >= 11 is 1.31. The highest BCUT2D eigenvalue weighted by atomic mass is 32.2. The van der Waals surface area contributed by atoms with Crippen LogP contribution < -0.4 is 10.1 Å². The van der Waals surface area contributed by atoms with E-state index in [1.165, 1.54) is 11.8 Å². The number of nitrogens with zero attached hydrogens (tertiary/aromatic N) is 4. The third-order valence-electron chi connectivity index (χ3n) is 4.60. The molecule has 0 aliphatic carbocycles. The van der Waals surface area contributed by atoms with Crippen molar-refractivity contribution in [3.05, 3.63) is 59.7 Å². The van der Waals surface area contributed by atoms with Gasteiger partial charge in [-0.3, -0.25) is 9.59 Å². The number of tetrazole rings is 1. The molecule has 31 heavy (non-hydrogen) atoms. The predicted molar refractivity (Wildman–Crippen MR) is 119 cm³/mol. The Bertz CT molecular complexity index is 1030. The van der Waals surface area contributed by atoms with Crippen LogP contribution in [0.3, 0.4) is 0 Å². The lowest BCUT2D eigenvalue weighted by atomic mass is 10.1. The van der Waals surface area contributed by atoms with Crippen molar-refractivity contribution in [2.75, 3.05) is 12.4 Å². The van der Waals surface area contributed by atoms with Gasteiger partial charge < -0.3 is 10.1 Å². The lowest BCUT2D eigenvalue weighted by Gasteiger charge is -2.12. The molecule has 0 saturated heterocycles. The molecule has 1 heterocycles. The molecule has 162 valence electrons. The topological polar surface area (TPSA) is 99.0 Å². The van der Waals surface area contributed by atoms with E-state index in [2.05, 4.69) is 20.8 Å². The van der Waals surface area contributed by atoms with E-state index in [1.807, 2.05) is 45.0 Å². The van der Waals surface area contributed by atoms with Gasteiger partial charge >= 0.3 is 0 Å². The number of methoxy groups -OCH3 is 1. The van der Waals surface area contributed by atoms with Crippen LogP contribution in [0.2, 0.25) is 0 Å². The highest BCUT2D eigenvalue weighted by Gasteiger charge is 2.20. The Hall–Kier alpha value is -3.20. The van der Waals surface area contributed by atoms with Gasteiger partial charge in [-0.25, -0.2) is 4.68 Å². The van der Waals surface area contributed by atoms with E-state index < -0.39 is 0 Å². The summed E-state index contributed by atoms with van der Waals surface area (Å²) in [5.74, 6) is 0.572. The Morgan fingerprint density at radius 2 is 1.74 bits per heavy atom. The van der Waals surface area contributed by atoms with Crippen LogP contribution in [-0.2, 0) is 11.3 Å². The molecule has 0 aliphatic rings. The van der Waals surface area contributed by atoms with Crippen molar-refractivity contribution >= 4 is 29.1 Å². The Morgan fingerprint density at radius 1 is 1.06 bits per heavy atom. The summed E-state index contributed by atoms with van der Waals surface area (Å²) in [5.41, 5.74) is 2.25. The second kappa shape index (κ2) is 10.2. The number of ether oxygens (including phenoxy) is 1. The molecule has 3 rings (SSSR count). The van der Waals surface area contributed by atoms with Crippen molar-refractivity contribution in [1.82, 2.24) is 20.2 Å². The van der Waals surface area contributed by atoms with Gasteiger partial charge in [0.2, 0.25) is 11.1 Å². The fourth-order valence-electron chi connectivity index (χ4n) is 2.73. The molecule has 2 aromatic carbocycles. The van der Waals surface area contributed by atoms with Crippen LogP contribution in [0.1, 0.15) is 36.7 Å². The number of aromatic nitrogens is 4. The summed E-state index contributed by atoms with van der Waals surface area (Å²) in [7, 11) is 1.62. The minimum absolute atomic E-state index is 0.0364. The second-order valence-corrected chi connectivity index (χ2v) is 8.62. The highest BCUT2D eigenvalue weighted by Crippen LogP contribution is 2.25. The van der Waals surface area contributed by atoms with Crippen molar-refractivity contribution in [1.29, 1.82) is 0 Å². The van der Waals surface area contributed by atoms with Gasteiger partial charge in [0.15, 0.2) is 5.78 Å². The highest BCUT2D eigenvalue weighted by molar-refractivity contribution is 8.00. The number of amides is 1. The van der Waals surface area contributed by atoms with Gasteiger partial charge in [-0.2, -0.15) is 0 Å². The molecule has 1 N–H and O–H groups in total. The molecule has 0 bridgehead atoms. The van der Waals surface area contributed by atoms with Crippen LogP contribution in [0.15, 0.2) is 53.7 Å². The van der Waals surface area contributed by atoms with Crippen LogP contribution >= 0.6 is 11.8 Å². The first-order valence-electron chi connectivity index (χ1n) is 9.88. The summed E-state index contributed by atoms with van der Waals surface area (Å²) in [4.78, 5) is 24.7. The molecule has 0 radical (unpaired) electrons. The molecule has 1 amide bonds. The largest absolute Gasteiger partial charge is 0.497 e. The first-order chi connectivity index (χ1) is 14.9. The minimum Gasteiger partial charge on any atom is -0.497 e. The molecule has 8 nitrogen and oxygen atoms in total. The fraction of sp³-hybridized carbons (Fsp3) is 0.318. The summed E-state index contributed by atoms with van der Waals surface area (Å²) < 4.78 is 6.84. The zero-order valence-corrected chi connectivity index (χ0v) is 18.7. The molecule has 0 aliphatic heterocycles. The maximum absolute atomic E-state index is 12.9. The first-order valence-corrected chi connectivity index (χ1v) is 10.8. The first kappa shape index (κ1) is 22.5. The third-order valence-corrected chi connectivity index (χ3v) is 5.67. The summed E-state index contributed by atoms with van der Waals surface area (Å²) in [6, 6.07) is 14.6. The number of benzene rings is 2. The van der Waals surface area contributed by atoms with Crippen molar-refractivity contribution < 1.29 is 14.3 Å². The number of nitrogens with one attached hydrogen (secondary N) is 1. The van der Waals surface area contributed by atoms with Crippen LogP contribution in [0.5, 0.6) is 5.75 Å². The molecule has 1 atom stereocenters. The van der Waals surface area contributed by atoms with Gasteiger partial charge in [0, 0.05) is 17.2 Å². The Morgan fingerprint density at radius 3 is 2.35 bits per heavy atom. The number of rotatable bonds is 9. The molecule has 3 aromatic rings. The second-order valence-electron chi connectivity index (χ2n) is 7.31. The number of anilines is 1. The maximum atomic E-state index is 12.9. The van der Waals surface area contributed by atoms with Crippen LogP contribution in [0.4, 0.5) is 5.69 Å². The summed E-state index contributed by atoms with van der Waals surface area (Å²) in [6.45, 7) is 5.97. The van der Waals surface area contributed by atoms with Crippen molar-refractivity contribution in [2.45, 2.75) is 37.7 Å². The van der Waals surface area contributed by atoms with Crippen LogP contribution in [-0.4, -0.2) is 44.3 Å². The third kappa shape index (κ3) is 5.91. The van der Waals surface area contributed by atoms with Crippen LogP contribution in [0, 0.1) is 5.92 Å². The van der Waals surface area contributed by atoms with E-state index in [0.29, 0.717) is 23.0 Å². The van der Waals surface area contributed by atoms with E-state index in [0.717, 1.165) is 11.3 Å². The zero-order chi connectivity index (χ0) is 22.4. The molecular weight excluding hydrogens is 414 g/mol. The zero-order valence-electron chi connectivity index (χ0n) is 17.9. The van der Waals surface area contributed by atoms with Gasteiger partial charge in [0.1, 0.15) is 5.75 Å². The average molecular weight is 440 g/mol. The lowest BCUT2D eigenvalue weighted by Crippen LogP contribution is -2.18. The van der Waals surface area contributed by atoms with Gasteiger partial charge in [0.05, 0.1) is 18.9 Å². The molecule has 0 unspecified atom stereocenters. The summed E-state index contributed by atoms with van der Waals surface area (Å²) in [5, 5.41) is 14.9. The number of hydrogen-bond acceptors (Lipinski definition) is 7. The Kier molecular flexibility index (Phi) is 7.41. The van der Waals surface area contributed by atoms with Gasteiger partial charge in [-0.05, 0) is 59.3 Å². The van der Waals surface area contributed by atoms with E-state index in [-0.39, 0.29) is 22.9 Å². The predicted octanol–water partition coefficient (Wildman–Crippen LogP) is 3.69. The number of ketones is 1. The average Bonchev–Trinajstić information content (AvgIpc) is 3.20. The maximum Gasteiger partial charge on any atom is 0.226 e. The molecular formula is C22H25N5O3S. The number of carbonyl (C=O) groups is 2. The molecule has 0 spiro atoms. The van der Waals surface area contributed by atoms with E-state index in [4.69, 9.17) is 4.74 Å². The normalized spacial score (nSPS) is 11.9. The number of Topliss-reactive ketones (excluding diaryl/α,β-unsaturated/α-hetero) is 1. The van der Waals surface area contributed by atoms with Crippen molar-refractivity contribution in [3.8, 4) is 5.75 Å². The van der Waals surface area contributed by atoms with Crippen molar-refractivity contribution in [3.63, 3.8) is 0 Å². The lowest BCUT2D eigenvalue weighted by molar-refractivity contribution is -0.118. The standard InChI is InChI=1S/C22H25N5O3S/c1-14(2)21(29)23-18-9-7-17(8-10-18)20(28)15(3)31-22-24-25-26-27(22)13-16-5-11-19(30-4)12-6-16/h5-12,14-15H,13H2,1-4H3,(H,23,29)/t15-/m0/s1. The van der Waals surface area contributed by atoms with E-state index in [1.54, 1.807) is 36.1 Å². The molecule has 0 fully saturated rings. The van der Waals surface area contributed by atoms with Gasteiger partial charge in [-0.1, -0.05) is 37.7 Å². The summed E-state index contributed by atoms with van der Waals surface area (Å²) in [6.07, 6.45) is 0. The Balaban J connectivity index is 1.63. The van der Waals surface area contributed by atoms with Gasteiger partial charge in [-0.15, -0.1) is 5.10 Å². The van der Waals surface area contributed by atoms with Crippen molar-refractivity contribution in [2.24, 2.45) is 5.92 Å². The van der Waals surface area contributed by atoms with Crippen LogP contribution in [0.25, 0.3) is 0 Å². The Labute approximate surface area is 185 Å². The molecule has 0 saturated carbocycles. The number of hydrogen-bond donors (Lipinski definition) is 1. The minimum atomic E-state index is -0.378. The fourth-order valence-corrected chi connectivity index (χ4v) is 3.60. The molecule has 1 aromatic heterocycles. The monoisotopic (exact) mass is 439 g/mol. The van der Waals surface area contributed by atoms with E-state index >= 15 is 0 Å². The quantitative estimate of drug-likeness (QED) is 0.401. The SMILES string of the molecule is COc1ccc(Cn2nnnc2S[C@@H](C)C(=O)c2ccc(NC(=O)C(C)C)cc2)cc1.